The van der Waals surface area contributed by atoms with Crippen molar-refractivity contribution in [2.45, 2.75) is 25.2 Å². The van der Waals surface area contributed by atoms with Gasteiger partial charge < -0.3 is 14.8 Å². The molecule has 0 saturated heterocycles. The number of amides is 2. The zero-order valence-corrected chi connectivity index (χ0v) is 22.1. The summed E-state index contributed by atoms with van der Waals surface area (Å²) < 4.78 is 10.6. The maximum Gasteiger partial charge on any atom is 0.338 e. The number of carbonyl (C=O) groups excluding carboxylic acids is 3. The third-order valence-electron chi connectivity index (χ3n) is 5.49. The molecular weight excluding hydrogens is 512 g/mol. The molecular formula is C28H25ClN2O5S. The Morgan fingerprint density at radius 3 is 2.35 bits per heavy atom. The Kier molecular flexibility index (Phi) is 8.21. The van der Waals surface area contributed by atoms with Crippen LogP contribution < -0.4 is 15.0 Å². The molecule has 9 heteroatoms. The number of hydrogen-bond acceptors (Lipinski definition) is 7. The van der Waals surface area contributed by atoms with Crippen molar-refractivity contribution < 1.29 is 23.9 Å². The predicted molar refractivity (Wildman–Crippen MR) is 145 cm³/mol. The molecule has 0 aromatic heterocycles. The van der Waals surface area contributed by atoms with E-state index in [1.165, 1.54) is 19.2 Å². The van der Waals surface area contributed by atoms with E-state index in [-0.39, 0.29) is 10.6 Å². The van der Waals surface area contributed by atoms with Gasteiger partial charge in [0.2, 0.25) is 0 Å². The lowest BCUT2D eigenvalue weighted by molar-refractivity contribution is -0.120. The van der Waals surface area contributed by atoms with Crippen LogP contribution in [0.2, 0.25) is 5.02 Å². The summed E-state index contributed by atoms with van der Waals surface area (Å²) in [6, 6.07) is 18.7. The topological polar surface area (TPSA) is 84.9 Å². The Hall–Kier alpha value is -3.75. The van der Waals surface area contributed by atoms with Gasteiger partial charge in [0.15, 0.2) is 0 Å². The first-order valence-corrected chi connectivity index (χ1v) is 12.8. The van der Waals surface area contributed by atoms with Crippen molar-refractivity contribution in [2.75, 3.05) is 23.9 Å². The number of imide groups is 1. The molecule has 0 saturated carbocycles. The van der Waals surface area contributed by atoms with E-state index < -0.39 is 17.8 Å². The summed E-state index contributed by atoms with van der Waals surface area (Å²) >= 11 is 7.18. The minimum absolute atomic E-state index is 0.125. The van der Waals surface area contributed by atoms with E-state index in [2.05, 4.69) is 5.32 Å². The minimum Gasteiger partial charge on any atom is -0.495 e. The van der Waals surface area contributed by atoms with Gasteiger partial charge in [0.25, 0.3) is 11.8 Å². The molecule has 1 heterocycles. The first-order chi connectivity index (χ1) is 17.8. The highest BCUT2D eigenvalue weighted by Crippen LogP contribution is 2.39. The summed E-state index contributed by atoms with van der Waals surface area (Å²) in [4.78, 5) is 41.5. The van der Waals surface area contributed by atoms with Crippen molar-refractivity contribution in [3.8, 4) is 5.75 Å². The predicted octanol–water partition coefficient (Wildman–Crippen LogP) is 6.21. The minimum atomic E-state index is -0.522. The number of carbonyl (C=O) groups is 3. The Labute approximate surface area is 224 Å². The average molecular weight is 537 g/mol. The van der Waals surface area contributed by atoms with Crippen LogP contribution in [0.4, 0.5) is 11.4 Å². The quantitative estimate of drug-likeness (QED) is 0.257. The Morgan fingerprint density at radius 1 is 1.00 bits per heavy atom. The maximum absolute atomic E-state index is 13.6. The molecule has 0 unspecified atom stereocenters. The number of aryl methyl sites for hydroxylation is 1. The molecule has 0 atom stereocenters. The molecule has 3 aromatic rings. The van der Waals surface area contributed by atoms with Gasteiger partial charge in [0.1, 0.15) is 16.4 Å². The zero-order valence-electron chi connectivity index (χ0n) is 20.5. The zero-order chi connectivity index (χ0) is 26.5. The summed E-state index contributed by atoms with van der Waals surface area (Å²) in [5.41, 5.74) is 2.31. The highest BCUT2D eigenvalue weighted by molar-refractivity contribution is 8.04. The number of nitrogens with zero attached hydrogens (tertiary/aromatic N) is 1. The fraction of sp³-hybridized carbons (Fsp3) is 0.179. The fourth-order valence-electron chi connectivity index (χ4n) is 3.65. The van der Waals surface area contributed by atoms with Gasteiger partial charge >= 0.3 is 5.97 Å². The Balaban J connectivity index is 1.70. The third kappa shape index (κ3) is 5.81. The number of halogens is 1. The van der Waals surface area contributed by atoms with Crippen molar-refractivity contribution in [3.05, 3.63) is 93.5 Å². The molecule has 0 fully saturated rings. The van der Waals surface area contributed by atoms with Crippen LogP contribution in [0.5, 0.6) is 5.75 Å². The number of esters is 1. The van der Waals surface area contributed by atoms with Gasteiger partial charge in [-0.25, -0.2) is 9.69 Å². The van der Waals surface area contributed by atoms with Gasteiger partial charge in [0, 0.05) is 9.92 Å². The summed E-state index contributed by atoms with van der Waals surface area (Å²) in [6.45, 7) is 4.14. The third-order valence-corrected chi connectivity index (χ3v) is 6.83. The van der Waals surface area contributed by atoms with E-state index in [1.807, 2.05) is 26.0 Å². The lowest BCUT2D eigenvalue weighted by Crippen LogP contribution is -2.32. The number of thioether (sulfide) groups is 1. The second-order valence-electron chi connectivity index (χ2n) is 8.22. The summed E-state index contributed by atoms with van der Waals surface area (Å²) in [7, 11) is 1.54. The molecule has 2 amide bonds. The van der Waals surface area contributed by atoms with Crippen molar-refractivity contribution in [3.63, 3.8) is 0 Å². The SMILES string of the molecule is CCCOC(=O)c1ccc(N2C(=O)C(Nc3cc(C)ccc3OC)=C(Sc3ccc(Cl)cc3)C2=O)cc1. The maximum atomic E-state index is 13.6. The molecule has 37 heavy (non-hydrogen) atoms. The Morgan fingerprint density at radius 2 is 1.70 bits per heavy atom. The van der Waals surface area contributed by atoms with Crippen LogP contribution >= 0.6 is 23.4 Å². The number of rotatable bonds is 9. The molecule has 0 radical (unpaired) electrons. The average Bonchev–Trinajstić information content (AvgIpc) is 3.12. The lowest BCUT2D eigenvalue weighted by atomic mass is 10.2. The molecule has 1 N–H and O–H groups in total. The first-order valence-electron chi connectivity index (χ1n) is 11.6. The lowest BCUT2D eigenvalue weighted by Gasteiger charge is -2.16. The van der Waals surface area contributed by atoms with Crippen LogP contribution in [-0.4, -0.2) is 31.5 Å². The number of benzene rings is 3. The van der Waals surface area contributed by atoms with E-state index in [0.717, 1.165) is 27.1 Å². The van der Waals surface area contributed by atoms with Gasteiger partial charge in [-0.3, -0.25) is 9.59 Å². The van der Waals surface area contributed by atoms with E-state index in [4.69, 9.17) is 21.1 Å². The molecule has 1 aliphatic rings. The van der Waals surface area contributed by atoms with Crippen LogP contribution in [0.25, 0.3) is 0 Å². The highest BCUT2D eigenvalue weighted by Gasteiger charge is 2.40. The number of nitrogens with one attached hydrogen (secondary N) is 1. The fourth-order valence-corrected chi connectivity index (χ4v) is 4.70. The summed E-state index contributed by atoms with van der Waals surface area (Å²) in [6.07, 6.45) is 0.710. The largest absolute Gasteiger partial charge is 0.495 e. The molecule has 190 valence electrons. The molecule has 1 aliphatic heterocycles. The van der Waals surface area contributed by atoms with Crippen LogP contribution in [0.1, 0.15) is 29.3 Å². The molecule has 7 nitrogen and oxygen atoms in total. The molecule has 0 spiro atoms. The second kappa shape index (κ2) is 11.5. The molecule has 0 bridgehead atoms. The number of methoxy groups -OCH3 is 1. The van der Waals surface area contributed by atoms with Gasteiger partial charge in [-0.05, 0) is 79.6 Å². The molecule has 0 aliphatic carbocycles. The van der Waals surface area contributed by atoms with Crippen LogP contribution in [0.15, 0.2) is 82.2 Å². The van der Waals surface area contributed by atoms with E-state index in [9.17, 15) is 14.4 Å². The molecule has 3 aromatic carbocycles. The van der Waals surface area contributed by atoms with E-state index in [1.54, 1.807) is 42.5 Å². The van der Waals surface area contributed by atoms with Crippen molar-refractivity contribution in [1.82, 2.24) is 0 Å². The smallest absolute Gasteiger partial charge is 0.338 e. The number of ether oxygens (including phenoxy) is 2. The van der Waals surface area contributed by atoms with Gasteiger partial charge in [-0.15, -0.1) is 0 Å². The van der Waals surface area contributed by atoms with E-state index in [0.29, 0.717) is 40.7 Å². The van der Waals surface area contributed by atoms with Gasteiger partial charge in [0.05, 0.1) is 30.7 Å². The van der Waals surface area contributed by atoms with Crippen molar-refractivity contribution >= 4 is 52.5 Å². The number of hydrogen-bond donors (Lipinski definition) is 1. The summed E-state index contributed by atoms with van der Waals surface area (Å²) in [5, 5.41) is 3.70. The van der Waals surface area contributed by atoms with Gasteiger partial charge in [-0.2, -0.15) is 0 Å². The normalized spacial score (nSPS) is 13.2. The monoisotopic (exact) mass is 536 g/mol. The van der Waals surface area contributed by atoms with Crippen LogP contribution in [-0.2, 0) is 14.3 Å². The molecule has 4 rings (SSSR count). The van der Waals surface area contributed by atoms with Crippen LogP contribution in [0, 0.1) is 6.92 Å². The second-order valence-corrected chi connectivity index (χ2v) is 9.74. The van der Waals surface area contributed by atoms with Gasteiger partial charge in [-0.1, -0.05) is 36.4 Å². The van der Waals surface area contributed by atoms with Crippen LogP contribution in [0.3, 0.4) is 0 Å². The van der Waals surface area contributed by atoms with Crippen molar-refractivity contribution in [1.29, 1.82) is 0 Å². The number of anilines is 2. The summed E-state index contributed by atoms with van der Waals surface area (Å²) in [5.74, 6) is -0.937. The standard InChI is InChI=1S/C28H25ClN2O5S/c1-4-15-36-28(34)18-6-10-20(11-7-18)31-26(32)24(30-22-16-17(2)5-14-23(22)35-3)25(27(31)33)37-21-12-8-19(29)9-13-21/h5-14,16,30H,4,15H2,1-3H3. The highest BCUT2D eigenvalue weighted by atomic mass is 35.5. The van der Waals surface area contributed by atoms with Crippen molar-refractivity contribution in [2.24, 2.45) is 0 Å². The van der Waals surface area contributed by atoms with E-state index >= 15 is 0 Å². The Bertz CT molecular complexity index is 1370. The first kappa shape index (κ1) is 26.3.